The number of anilines is 2. The van der Waals surface area contributed by atoms with Crippen LogP contribution in [0, 0.1) is 5.92 Å². The third-order valence-corrected chi connectivity index (χ3v) is 17.7. The molecule has 2 saturated heterocycles. The van der Waals surface area contributed by atoms with Gasteiger partial charge in [0.2, 0.25) is 17.6 Å². The molecule has 2 amide bonds. The van der Waals surface area contributed by atoms with Gasteiger partial charge in [0.05, 0.1) is 58.0 Å². The molecule has 5 atom stereocenters. The maximum Gasteiger partial charge on any atom is 0.351 e. The number of aromatic amines is 1. The standard InChI is InChI=1S/C63H68N11O15P/c1-40(2)57(76)68-61-67-56-54(59(78)69-61)64-39-74(56)52-35-72(33-47(89-52)36-85-53(75)38-86-60(79)42-30-48(82-5)55(84-7)49(31-42)83-6)90(81,70(3)4)87-37-46-32-71(34-51(88-46)73-29-28-50(66-62(73)80)65-58(77)41-20-12-8-13-21-41)63(43-22-14-9-15-23-43,44-24-16-10-17-25-44)45-26-18-11-19-27-45/h8-31,39-40,46-47,51-52H,32-38H2,1-7H3,(H,65,66,77,80)(H2,67,68,69,76,78). The molecule has 0 spiro atoms. The van der Waals surface area contributed by atoms with Gasteiger partial charge in [-0.15, -0.1) is 0 Å². The summed E-state index contributed by atoms with van der Waals surface area (Å²) in [7, 11) is 3.05. The number of carbonyl (C=O) groups excluding carboxylic acids is 4. The number of methoxy groups -OCH3 is 3. The minimum absolute atomic E-state index is 0.00322. The average molecular weight is 1250 g/mol. The van der Waals surface area contributed by atoms with Gasteiger partial charge < -0.3 is 43.0 Å². The van der Waals surface area contributed by atoms with Gasteiger partial charge in [0, 0.05) is 37.3 Å². The summed E-state index contributed by atoms with van der Waals surface area (Å²) >= 11 is 0. The van der Waals surface area contributed by atoms with Crippen molar-refractivity contribution in [3.8, 4) is 17.2 Å². The molecule has 470 valence electrons. The molecule has 5 heterocycles. The molecule has 90 heavy (non-hydrogen) atoms. The number of hydrogen-bond acceptors (Lipinski definition) is 19. The predicted molar refractivity (Wildman–Crippen MR) is 329 cm³/mol. The van der Waals surface area contributed by atoms with E-state index in [1.54, 1.807) is 58.3 Å². The number of imidazole rings is 1. The number of nitrogens with one attached hydrogen (secondary N) is 3. The first-order valence-corrected chi connectivity index (χ1v) is 30.2. The molecular weight excluding hydrogens is 1180 g/mol. The molecule has 8 aromatic rings. The van der Waals surface area contributed by atoms with Gasteiger partial charge in [-0.1, -0.05) is 123 Å². The van der Waals surface area contributed by atoms with Crippen molar-refractivity contribution < 1.29 is 61.4 Å². The maximum absolute atomic E-state index is 16.2. The molecule has 5 aromatic carbocycles. The van der Waals surface area contributed by atoms with Gasteiger partial charge in [-0.05, 0) is 61.1 Å². The smallest absolute Gasteiger partial charge is 0.351 e. The van der Waals surface area contributed by atoms with E-state index in [0.717, 1.165) is 16.7 Å². The van der Waals surface area contributed by atoms with E-state index in [0.29, 0.717) is 5.56 Å². The van der Waals surface area contributed by atoms with Crippen molar-refractivity contribution in [1.29, 1.82) is 0 Å². The molecule has 0 bridgehead atoms. The summed E-state index contributed by atoms with van der Waals surface area (Å²) in [4.78, 5) is 98.6. The summed E-state index contributed by atoms with van der Waals surface area (Å²) in [6.07, 6.45) is -1.45. The Hall–Kier alpha value is -9.40. The van der Waals surface area contributed by atoms with Gasteiger partial charge in [-0.2, -0.15) is 9.97 Å². The average Bonchev–Trinajstić information content (AvgIpc) is 0.809. The Morgan fingerprint density at radius 3 is 1.83 bits per heavy atom. The zero-order valence-corrected chi connectivity index (χ0v) is 51.3. The molecule has 3 N–H and O–H groups in total. The number of esters is 2. The summed E-state index contributed by atoms with van der Waals surface area (Å²) in [6.45, 7) is 1.57. The fourth-order valence-corrected chi connectivity index (χ4v) is 12.9. The van der Waals surface area contributed by atoms with Crippen LogP contribution in [0.25, 0.3) is 11.2 Å². The van der Waals surface area contributed by atoms with E-state index in [9.17, 15) is 28.8 Å². The Morgan fingerprint density at radius 1 is 0.700 bits per heavy atom. The Labute approximate surface area is 517 Å². The normalized spacial score (nSPS) is 17.9. The lowest BCUT2D eigenvalue weighted by atomic mass is 9.75. The first kappa shape index (κ1) is 63.6. The lowest BCUT2D eigenvalue weighted by molar-refractivity contribution is -0.162. The second-order valence-corrected chi connectivity index (χ2v) is 24.1. The second-order valence-electron chi connectivity index (χ2n) is 21.5. The van der Waals surface area contributed by atoms with Crippen LogP contribution in [0.2, 0.25) is 0 Å². The molecule has 5 unspecified atom stereocenters. The van der Waals surface area contributed by atoms with Crippen molar-refractivity contribution in [2.45, 2.75) is 44.1 Å². The SMILES string of the molecule is COc1cc(C(=O)OCC(=O)OCC2CN(P(=O)(OCC3CN(C(c4ccccc4)(c4ccccc4)c4ccccc4)CC(n4ccc(NC(=O)c5ccccc5)nc4=O)O3)N(C)C)CC(n3cnc4c(=O)[nH]c(NC(=O)C(C)C)nc43)O2)cc(OC)c1OC. The summed E-state index contributed by atoms with van der Waals surface area (Å²) in [5.74, 6) is -2.74. The number of rotatable bonds is 23. The quantitative estimate of drug-likeness (QED) is 0.0340. The zero-order chi connectivity index (χ0) is 63.7. The fraction of sp³-hybridized carbons (Fsp3) is 0.317. The highest BCUT2D eigenvalue weighted by Crippen LogP contribution is 2.55. The number of hydrogen-bond donors (Lipinski definition) is 3. The van der Waals surface area contributed by atoms with Crippen LogP contribution in [0.5, 0.6) is 17.2 Å². The van der Waals surface area contributed by atoms with E-state index in [1.165, 1.54) is 70.5 Å². The van der Waals surface area contributed by atoms with Crippen LogP contribution in [0.3, 0.4) is 0 Å². The minimum Gasteiger partial charge on any atom is -0.493 e. The van der Waals surface area contributed by atoms with Crippen LogP contribution in [0.4, 0.5) is 11.8 Å². The number of morpholine rings is 2. The topological polar surface area (TPSA) is 291 Å². The van der Waals surface area contributed by atoms with Gasteiger partial charge in [-0.3, -0.25) is 43.3 Å². The molecule has 2 aliphatic heterocycles. The number of fused-ring (bicyclic) bond motifs is 1. The van der Waals surface area contributed by atoms with Gasteiger partial charge in [-0.25, -0.2) is 28.7 Å². The minimum atomic E-state index is -4.28. The van der Waals surface area contributed by atoms with Crippen LogP contribution in [-0.2, 0) is 43.2 Å². The van der Waals surface area contributed by atoms with Gasteiger partial charge in [0.25, 0.3) is 11.5 Å². The Bertz CT molecular complexity index is 3900. The van der Waals surface area contributed by atoms with E-state index in [1.807, 2.05) is 91.0 Å². The van der Waals surface area contributed by atoms with Crippen LogP contribution >= 0.6 is 7.67 Å². The van der Waals surface area contributed by atoms with Crippen LogP contribution in [0.1, 0.15) is 63.7 Å². The van der Waals surface area contributed by atoms with E-state index in [4.69, 9.17) is 37.7 Å². The van der Waals surface area contributed by atoms with E-state index < -0.39 is 92.0 Å². The summed E-state index contributed by atoms with van der Waals surface area (Å²) < 4.78 is 69.3. The molecule has 0 aliphatic carbocycles. The molecule has 27 heteroatoms. The van der Waals surface area contributed by atoms with Crippen molar-refractivity contribution >= 4 is 54.4 Å². The number of H-pyrrole nitrogens is 1. The molecule has 0 radical (unpaired) electrons. The number of nitrogens with zero attached hydrogens (tertiary/aromatic N) is 8. The number of carbonyl (C=O) groups is 4. The second kappa shape index (κ2) is 28.0. The third-order valence-electron chi connectivity index (χ3n) is 15.2. The van der Waals surface area contributed by atoms with Crippen molar-refractivity contribution in [2.75, 3.05) is 92.1 Å². The molecular formula is C63H68N11O15P. The largest absolute Gasteiger partial charge is 0.493 e. The van der Waals surface area contributed by atoms with Crippen LogP contribution in [0.15, 0.2) is 162 Å². The highest BCUT2D eigenvalue weighted by molar-refractivity contribution is 7.53. The molecule has 2 fully saturated rings. The van der Waals surface area contributed by atoms with Crippen molar-refractivity contribution in [2.24, 2.45) is 5.92 Å². The van der Waals surface area contributed by atoms with Gasteiger partial charge in [0.1, 0.15) is 18.5 Å². The van der Waals surface area contributed by atoms with Crippen molar-refractivity contribution in [3.05, 3.63) is 201 Å². The van der Waals surface area contributed by atoms with Crippen LogP contribution < -0.4 is 36.1 Å². The summed E-state index contributed by atoms with van der Waals surface area (Å²) in [5, 5.41) is 5.33. The lowest BCUT2D eigenvalue weighted by Gasteiger charge is -2.51. The Morgan fingerprint density at radius 2 is 1.28 bits per heavy atom. The van der Waals surface area contributed by atoms with Gasteiger partial charge in [0.15, 0.2) is 41.7 Å². The maximum atomic E-state index is 16.2. The highest BCUT2D eigenvalue weighted by Gasteiger charge is 2.49. The lowest BCUT2D eigenvalue weighted by Crippen LogP contribution is -2.58. The molecule has 10 rings (SSSR count). The number of ether oxygens (including phenoxy) is 7. The number of aromatic nitrogens is 6. The monoisotopic (exact) mass is 1250 g/mol. The number of benzene rings is 5. The van der Waals surface area contributed by atoms with E-state index in [2.05, 4.69) is 35.5 Å². The number of amides is 2. The Kier molecular flexibility index (Phi) is 19.8. The molecule has 0 saturated carbocycles. The van der Waals surface area contributed by atoms with Gasteiger partial charge >= 0.3 is 25.3 Å². The fourth-order valence-electron chi connectivity index (χ4n) is 10.9. The highest BCUT2D eigenvalue weighted by atomic mass is 31.2. The van der Waals surface area contributed by atoms with Crippen molar-refractivity contribution in [3.63, 3.8) is 0 Å². The molecule has 2 aliphatic rings. The van der Waals surface area contributed by atoms with Crippen LogP contribution in [-0.4, -0.2) is 161 Å². The zero-order valence-electron chi connectivity index (χ0n) is 50.4. The molecule has 26 nitrogen and oxygen atoms in total. The predicted octanol–water partition coefficient (Wildman–Crippen LogP) is 6.73. The van der Waals surface area contributed by atoms with Crippen molar-refractivity contribution in [1.82, 2.24) is 43.3 Å². The molecule has 3 aromatic heterocycles. The first-order valence-electron chi connectivity index (χ1n) is 28.7. The summed E-state index contributed by atoms with van der Waals surface area (Å²) in [6, 6.07) is 42.6. The summed E-state index contributed by atoms with van der Waals surface area (Å²) in [5.41, 5.74) is 0.504. The first-order chi connectivity index (χ1) is 43.4. The third kappa shape index (κ3) is 13.6. The Balaban J connectivity index is 0.979. The van der Waals surface area contributed by atoms with E-state index in [-0.39, 0.29) is 78.5 Å². The van der Waals surface area contributed by atoms with E-state index >= 15 is 4.57 Å².